The minimum absolute atomic E-state index is 0.0559. The predicted octanol–water partition coefficient (Wildman–Crippen LogP) is 2.57. The molecule has 0 unspecified atom stereocenters. The fourth-order valence-electron chi connectivity index (χ4n) is 3.84. The molecule has 3 rings (SSSR count). The molecule has 0 bridgehead atoms. The van der Waals surface area contributed by atoms with E-state index in [1.807, 2.05) is 47.4 Å². The van der Waals surface area contributed by atoms with E-state index in [0.29, 0.717) is 19.5 Å². The minimum Gasteiger partial charge on any atom is -0.346 e. The Labute approximate surface area is 159 Å². The number of likely N-dealkylation sites (tertiary alicyclic amines) is 1. The zero-order chi connectivity index (χ0) is 18.7. The summed E-state index contributed by atoms with van der Waals surface area (Å²) in [4.78, 5) is 32.1. The van der Waals surface area contributed by atoms with Gasteiger partial charge in [-0.25, -0.2) is 4.79 Å². The van der Waals surface area contributed by atoms with Gasteiger partial charge in [0.25, 0.3) is 0 Å². The molecule has 7 heteroatoms. The SMILES string of the molecule is CSc1cccc(NC(=O)N2CCN(C)[C@@]3(CCC(=O)N(C)CC3)C2)c1. The van der Waals surface area contributed by atoms with Crippen LogP contribution in [0.25, 0.3) is 0 Å². The first kappa shape index (κ1) is 19.0. The maximum absolute atomic E-state index is 12.8. The molecule has 0 radical (unpaired) electrons. The van der Waals surface area contributed by atoms with Crippen molar-refractivity contribution in [2.75, 3.05) is 51.8 Å². The van der Waals surface area contributed by atoms with Gasteiger partial charge in [0.15, 0.2) is 0 Å². The van der Waals surface area contributed by atoms with Crippen molar-refractivity contribution >= 4 is 29.4 Å². The molecule has 2 heterocycles. The van der Waals surface area contributed by atoms with E-state index in [9.17, 15) is 9.59 Å². The molecule has 26 heavy (non-hydrogen) atoms. The molecule has 0 aliphatic carbocycles. The number of nitrogens with zero attached hydrogens (tertiary/aromatic N) is 3. The van der Waals surface area contributed by atoms with Crippen molar-refractivity contribution in [3.05, 3.63) is 24.3 Å². The second kappa shape index (κ2) is 7.88. The average molecular weight is 377 g/mol. The molecule has 1 N–H and O–H groups in total. The van der Waals surface area contributed by atoms with Crippen LogP contribution in [-0.2, 0) is 4.79 Å². The van der Waals surface area contributed by atoms with Gasteiger partial charge in [0.2, 0.25) is 5.91 Å². The normalized spacial score (nSPS) is 24.7. The number of benzene rings is 1. The fourth-order valence-corrected chi connectivity index (χ4v) is 4.29. The molecule has 1 aromatic carbocycles. The van der Waals surface area contributed by atoms with Gasteiger partial charge < -0.3 is 15.1 Å². The summed E-state index contributed by atoms with van der Waals surface area (Å²) in [6.07, 6.45) is 4.28. The van der Waals surface area contributed by atoms with E-state index in [2.05, 4.69) is 17.3 Å². The van der Waals surface area contributed by atoms with E-state index >= 15 is 0 Å². The lowest BCUT2D eigenvalue weighted by molar-refractivity contribution is -0.129. The third kappa shape index (κ3) is 3.99. The van der Waals surface area contributed by atoms with E-state index in [-0.39, 0.29) is 17.5 Å². The summed E-state index contributed by atoms with van der Waals surface area (Å²) in [6, 6.07) is 7.85. The Morgan fingerprint density at radius 3 is 2.77 bits per heavy atom. The average Bonchev–Trinajstić information content (AvgIpc) is 2.79. The third-order valence-corrected chi connectivity index (χ3v) is 6.48. The minimum atomic E-state index is -0.114. The number of thioether (sulfide) groups is 1. The summed E-state index contributed by atoms with van der Waals surface area (Å²) in [5, 5.41) is 3.03. The highest BCUT2D eigenvalue weighted by Crippen LogP contribution is 2.32. The van der Waals surface area contributed by atoms with Crippen LogP contribution in [-0.4, -0.2) is 78.7 Å². The molecular formula is C19H28N4O2S. The van der Waals surface area contributed by atoms with Gasteiger partial charge in [-0.2, -0.15) is 0 Å². The van der Waals surface area contributed by atoms with Gasteiger partial charge in [-0.15, -0.1) is 11.8 Å². The Balaban J connectivity index is 1.70. The predicted molar refractivity (Wildman–Crippen MR) is 106 cm³/mol. The van der Waals surface area contributed by atoms with Crippen molar-refractivity contribution in [2.24, 2.45) is 0 Å². The van der Waals surface area contributed by atoms with E-state index in [1.165, 1.54) is 0 Å². The molecule has 1 spiro atoms. The molecule has 1 atom stereocenters. The molecule has 3 amide bonds. The first-order valence-corrected chi connectivity index (χ1v) is 10.3. The number of nitrogens with one attached hydrogen (secondary N) is 1. The smallest absolute Gasteiger partial charge is 0.321 e. The lowest BCUT2D eigenvalue weighted by atomic mass is 9.86. The largest absolute Gasteiger partial charge is 0.346 e. The number of carbonyl (C=O) groups excluding carboxylic acids is 2. The first-order chi connectivity index (χ1) is 12.4. The maximum Gasteiger partial charge on any atom is 0.321 e. The maximum atomic E-state index is 12.8. The number of likely N-dealkylation sites (N-methyl/N-ethyl adjacent to an activating group) is 1. The van der Waals surface area contributed by atoms with Crippen molar-refractivity contribution in [3.8, 4) is 0 Å². The monoisotopic (exact) mass is 376 g/mol. The molecule has 2 saturated heterocycles. The molecule has 2 aliphatic rings. The standard InChI is InChI=1S/C19H28N4O2S/c1-21-10-9-19(8-7-17(21)24)14-23(12-11-22(19)2)18(25)20-15-5-4-6-16(13-15)26-3/h4-6,13H,7-12,14H2,1-3H3,(H,20,25)/t19-/m1/s1. The first-order valence-electron chi connectivity index (χ1n) is 9.09. The molecule has 2 aliphatic heterocycles. The van der Waals surface area contributed by atoms with E-state index < -0.39 is 0 Å². The van der Waals surface area contributed by atoms with Gasteiger partial charge in [-0.3, -0.25) is 9.69 Å². The Bertz CT molecular complexity index is 683. The van der Waals surface area contributed by atoms with Crippen molar-refractivity contribution < 1.29 is 9.59 Å². The van der Waals surface area contributed by atoms with E-state index in [4.69, 9.17) is 0 Å². The number of piperazine rings is 1. The molecule has 2 fully saturated rings. The van der Waals surface area contributed by atoms with Gasteiger partial charge in [0.1, 0.15) is 0 Å². The summed E-state index contributed by atoms with van der Waals surface area (Å²) in [7, 11) is 3.99. The van der Waals surface area contributed by atoms with Crippen molar-refractivity contribution in [1.82, 2.24) is 14.7 Å². The fraction of sp³-hybridized carbons (Fsp3) is 0.579. The Kier molecular flexibility index (Phi) is 5.77. The van der Waals surface area contributed by atoms with Crippen LogP contribution in [0, 0.1) is 0 Å². The van der Waals surface area contributed by atoms with E-state index in [1.54, 1.807) is 11.8 Å². The number of rotatable bonds is 2. The zero-order valence-corrected chi connectivity index (χ0v) is 16.6. The van der Waals surface area contributed by atoms with Crippen LogP contribution in [0.2, 0.25) is 0 Å². The van der Waals surface area contributed by atoms with Crippen molar-refractivity contribution in [2.45, 2.75) is 29.7 Å². The van der Waals surface area contributed by atoms with Gasteiger partial charge >= 0.3 is 6.03 Å². The zero-order valence-electron chi connectivity index (χ0n) is 15.8. The Hall–Kier alpha value is -1.73. The Morgan fingerprint density at radius 1 is 1.19 bits per heavy atom. The van der Waals surface area contributed by atoms with Crippen LogP contribution in [0.15, 0.2) is 29.2 Å². The number of carbonyl (C=O) groups is 2. The highest BCUT2D eigenvalue weighted by atomic mass is 32.2. The molecule has 6 nitrogen and oxygen atoms in total. The summed E-state index contributed by atoms with van der Waals surface area (Å²) in [5.41, 5.74) is 0.711. The number of hydrogen-bond acceptors (Lipinski definition) is 4. The molecular weight excluding hydrogens is 348 g/mol. The third-order valence-electron chi connectivity index (χ3n) is 5.75. The van der Waals surface area contributed by atoms with Crippen LogP contribution >= 0.6 is 11.8 Å². The molecule has 142 valence electrons. The molecule has 1 aromatic rings. The number of hydrogen-bond donors (Lipinski definition) is 1. The van der Waals surface area contributed by atoms with Crippen molar-refractivity contribution in [3.63, 3.8) is 0 Å². The highest BCUT2D eigenvalue weighted by molar-refractivity contribution is 7.98. The van der Waals surface area contributed by atoms with Crippen LogP contribution < -0.4 is 5.32 Å². The second-order valence-corrected chi connectivity index (χ2v) is 8.17. The van der Waals surface area contributed by atoms with E-state index in [0.717, 1.165) is 36.5 Å². The van der Waals surface area contributed by atoms with Gasteiger partial charge in [-0.1, -0.05) is 6.07 Å². The lowest BCUT2D eigenvalue weighted by Gasteiger charge is -2.49. The number of anilines is 1. The van der Waals surface area contributed by atoms with Crippen LogP contribution in [0.3, 0.4) is 0 Å². The number of amides is 3. The Morgan fingerprint density at radius 2 is 2.00 bits per heavy atom. The summed E-state index contributed by atoms with van der Waals surface area (Å²) in [5.74, 6) is 0.200. The second-order valence-electron chi connectivity index (χ2n) is 7.29. The lowest BCUT2D eigenvalue weighted by Crippen LogP contribution is -2.62. The molecule has 0 saturated carbocycles. The van der Waals surface area contributed by atoms with Crippen molar-refractivity contribution in [1.29, 1.82) is 0 Å². The van der Waals surface area contributed by atoms with Gasteiger partial charge in [0, 0.05) is 55.8 Å². The topological polar surface area (TPSA) is 55.9 Å². The van der Waals surface area contributed by atoms with Crippen LogP contribution in [0.1, 0.15) is 19.3 Å². The summed E-state index contributed by atoms with van der Waals surface area (Å²) < 4.78 is 0. The number of urea groups is 1. The van der Waals surface area contributed by atoms with Gasteiger partial charge in [0.05, 0.1) is 0 Å². The van der Waals surface area contributed by atoms with Crippen LogP contribution in [0.5, 0.6) is 0 Å². The summed E-state index contributed by atoms with van der Waals surface area (Å²) in [6.45, 7) is 2.94. The van der Waals surface area contributed by atoms with Gasteiger partial charge in [-0.05, 0) is 44.3 Å². The molecule has 0 aromatic heterocycles. The van der Waals surface area contributed by atoms with Crippen LogP contribution in [0.4, 0.5) is 10.5 Å². The quantitative estimate of drug-likeness (QED) is 0.806. The summed E-state index contributed by atoms with van der Waals surface area (Å²) >= 11 is 1.66. The highest BCUT2D eigenvalue weighted by Gasteiger charge is 2.42.